The SMILES string of the molecule is COCCN1CCC2(C)c3cc(O)ccc3CC1[C@@H]2C. The van der Waals surface area contributed by atoms with Gasteiger partial charge in [-0.05, 0) is 54.0 Å². The number of likely N-dealkylation sites (tertiary alicyclic amines) is 1. The lowest BCUT2D eigenvalue weighted by Gasteiger charge is -2.54. The molecule has 0 saturated carbocycles. The molecule has 3 heteroatoms. The van der Waals surface area contributed by atoms with E-state index in [9.17, 15) is 5.11 Å². The van der Waals surface area contributed by atoms with Crippen LogP contribution in [0.25, 0.3) is 0 Å². The van der Waals surface area contributed by atoms with Crippen LogP contribution in [0.15, 0.2) is 18.2 Å². The van der Waals surface area contributed by atoms with E-state index in [-0.39, 0.29) is 5.41 Å². The van der Waals surface area contributed by atoms with Crippen molar-refractivity contribution < 1.29 is 9.84 Å². The van der Waals surface area contributed by atoms with Crippen molar-refractivity contribution in [1.29, 1.82) is 0 Å². The monoisotopic (exact) mass is 275 g/mol. The van der Waals surface area contributed by atoms with Gasteiger partial charge in [0.05, 0.1) is 6.61 Å². The molecule has 1 heterocycles. The van der Waals surface area contributed by atoms with E-state index in [0.717, 1.165) is 32.5 Å². The Labute approximate surface area is 121 Å². The fraction of sp³-hybridized carbons (Fsp3) is 0.647. The summed E-state index contributed by atoms with van der Waals surface area (Å²) in [4.78, 5) is 2.59. The molecule has 20 heavy (non-hydrogen) atoms. The summed E-state index contributed by atoms with van der Waals surface area (Å²) < 4.78 is 5.25. The molecular weight excluding hydrogens is 250 g/mol. The lowest BCUT2D eigenvalue weighted by molar-refractivity contribution is 0.0156. The number of phenolic OH excluding ortho intramolecular Hbond substituents is 1. The number of aromatic hydroxyl groups is 1. The van der Waals surface area contributed by atoms with Gasteiger partial charge in [0.25, 0.3) is 0 Å². The molecule has 1 fully saturated rings. The standard InChI is InChI=1S/C17H25NO2/c1-12-16-10-13-4-5-14(19)11-15(13)17(12,2)6-7-18(16)8-9-20-3/h4-5,11-12,16,19H,6-10H2,1-3H3/t12-,16?,17?/m0/s1. The number of hydrogen-bond acceptors (Lipinski definition) is 3. The van der Waals surface area contributed by atoms with Crippen molar-refractivity contribution >= 4 is 0 Å². The van der Waals surface area contributed by atoms with Gasteiger partial charge in [-0.25, -0.2) is 0 Å². The number of benzene rings is 1. The predicted molar refractivity (Wildman–Crippen MR) is 80.2 cm³/mol. The van der Waals surface area contributed by atoms with E-state index in [1.807, 2.05) is 12.1 Å². The first kappa shape index (κ1) is 13.9. The average molecular weight is 275 g/mol. The molecule has 3 rings (SSSR count). The van der Waals surface area contributed by atoms with Crippen LogP contribution in [0, 0.1) is 5.92 Å². The molecule has 0 aromatic heterocycles. The van der Waals surface area contributed by atoms with Gasteiger partial charge in [0.15, 0.2) is 0 Å². The Bertz CT molecular complexity index is 502. The third-order valence-corrected chi connectivity index (χ3v) is 5.69. The fourth-order valence-electron chi connectivity index (χ4n) is 4.18. The van der Waals surface area contributed by atoms with Crippen LogP contribution in [0.1, 0.15) is 31.4 Å². The zero-order valence-corrected chi connectivity index (χ0v) is 12.7. The van der Waals surface area contributed by atoms with Gasteiger partial charge in [-0.3, -0.25) is 4.90 Å². The lowest BCUT2D eigenvalue weighted by Crippen LogP contribution is -2.58. The minimum Gasteiger partial charge on any atom is -0.508 e. The molecule has 1 aromatic carbocycles. The van der Waals surface area contributed by atoms with E-state index >= 15 is 0 Å². The molecule has 110 valence electrons. The van der Waals surface area contributed by atoms with Gasteiger partial charge in [0, 0.05) is 19.7 Å². The molecule has 1 aromatic rings. The molecular formula is C17H25NO2. The second-order valence-electron chi connectivity index (χ2n) is 6.60. The summed E-state index contributed by atoms with van der Waals surface area (Å²) in [5.41, 5.74) is 2.98. The van der Waals surface area contributed by atoms with E-state index in [1.54, 1.807) is 7.11 Å². The quantitative estimate of drug-likeness (QED) is 0.920. The highest BCUT2D eigenvalue weighted by Gasteiger charge is 2.48. The first-order valence-electron chi connectivity index (χ1n) is 7.61. The third-order valence-electron chi connectivity index (χ3n) is 5.69. The molecule has 3 nitrogen and oxygen atoms in total. The van der Waals surface area contributed by atoms with Gasteiger partial charge in [-0.2, -0.15) is 0 Å². The Morgan fingerprint density at radius 3 is 3.00 bits per heavy atom. The number of nitrogens with zero attached hydrogens (tertiary/aromatic N) is 1. The van der Waals surface area contributed by atoms with Gasteiger partial charge < -0.3 is 9.84 Å². The number of rotatable bonds is 3. The first-order chi connectivity index (χ1) is 9.56. The van der Waals surface area contributed by atoms with Crippen LogP contribution in [-0.2, 0) is 16.6 Å². The Morgan fingerprint density at radius 1 is 1.45 bits per heavy atom. The van der Waals surface area contributed by atoms with E-state index in [0.29, 0.717) is 17.7 Å². The number of methoxy groups -OCH3 is 1. The number of phenols is 1. The molecule has 0 amide bonds. The highest BCUT2D eigenvalue weighted by molar-refractivity contribution is 5.44. The smallest absolute Gasteiger partial charge is 0.115 e. The van der Waals surface area contributed by atoms with E-state index in [2.05, 4.69) is 24.8 Å². The Hall–Kier alpha value is -1.06. The Morgan fingerprint density at radius 2 is 2.25 bits per heavy atom. The van der Waals surface area contributed by atoms with Crippen molar-refractivity contribution in [3.05, 3.63) is 29.3 Å². The van der Waals surface area contributed by atoms with Gasteiger partial charge in [0.2, 0.25) is 0 Å². The largest absolute Gasteiger partial charge is 0.508 e. The summed E-state index contributed by atoms with van der Waals surface area (Å²) in [5, 5.41) is 9.83. The van der Waals surface area contributed by atoms with E-state index in [1.165, 1.54) is 11.1 Å². The molecule has 2 bridgehead atoms. The molecule has 3 atom stereocenters. The van der Waals surface area contributed by atoms with E-state index in [4.69, 9.17) is 4.74 Å². The maximum atomic E-state index is 9.83. The van der Waals surface area contributed by atoms with Crippen molar-refractivity contribution in [2.45, 2.75) is 38.1 Å². The first-order valence-corrected chi connectivity index (χ1v) is 7.61. The topological polar surface area (TPSA) is 32.7 Å². The number of fused-ring (bicyclic) bond motifs is 4. The van der Waals surface area contributed by atoms with Crippen molar-refractivity contribution in [2.75, 3.05) is 26.8 Å². The van der Waals surface area contributed by atoms with Crippen LogP contribution < -0.4 is 0 Å². The molecule has 1 aliphatic carbocycles. The van der Waals surface area contributed by atoms with Crippen LogP contribution in [0.4, 0.5) is 0 Å². The number of piperidine rings is 1. The van der Waals surface area contributed by atoms with Crippen molar-refractivity contribution in [3.8, 4) is 5.75 Å². The van der Waals surface area contributed by atoms with Crippen LogP contribution in [-0.4, -0.2) is 42.9 Å². The lowest BCUT2D eigenvalue weighted by atomic mass is 9.59. The van der Waals surface area contributed by atoms with Gasteiger partial charge in [0.1, 0.15) is 5.75 Å². The predicted octanol–water partition coefficient (Wildman–Crippen LogP) is 2.56. The van der Waals surface area contributed by atoms with Crippen LogP contribution in [0.5, 0.6) is 5.75 Å². The third kappa shape index (κ3) is 2.04. The second kappa shape index (κ2) is 5.05. The van der Waals surface area contributed by atoms with Crippen molar-refractivity contribution in [3.63, 3.8) is 0 Å². The maximum absolute atomic E-state index is 9.83. The summed E-state index contributed by atoms with van der Waals surface area (Å²) >= 11 is 0. The molecule has 0 spiro atoms. The Balaban J connectivity index is 1.95. The molecule has 2 aliphatic rings. The average Bonchev–Trinajstić information content (AvgIpc) is 2.43. The minimum atomic E-state index is 0.195. The van der Waals surface area contributed by atoms with Crippen molar-refractivity contribution in [2.24, 2.45) is 5.92 Å². The zero-order chi connectivity index (χ0) is 14.3. The van der Waals surface area contributed by atoms with Gasteiger partial charge in [-0.1, -0.05) is 19.9 Å². The molecule has 0 radical (unpaired) electrons. The van der Waals surface area contributed by atoms with Crippen LogP contribution in [0.2, 0.25) is 0 Å². The zero-order valence-electron chi connectivity index (χ0n) is 12.7. The highest BCUT2D eigenvalue weighted by Crippen LogP contribution is 2.49. The molecule has 1 saturated heterocycles. The summed E-state index contributed by atoms with van der Waals surface area (Å²) in [7, 11) is 1.77. The number of hydrogen-bond donors (Lipinski definition) is 1. The summed E-state index contributed by atoms with van der Waals surface area (Å²) in [6.07, 6.45) is 2.25. The maximum Gasteiger partial charge on any atom is 0.115 e. The van der Waals surface area contributed by atoms with Crippen molar-refractivity contribution in [1.82, 2.24) is 4.90 Å². The highest BCUT2D eigenvalue weighted by atomic mass is 16.5. The molecule has 1 aliphatic heterocycles. The summed E-state index contributed by atoms with van der Waals surface area (Å²) in [6.45, 7) is 7.70. The van der Waals surface area contributed by atoms with Crippen LogP contribution >= 0.6 is 0 Å². The Kier molecular flexibility index (Phi) is 3.51. The van der Waals surface area contributed by atoms with Gasteiger partial charge in [-0.15, -0.1) is 0 Å². The second-order valence-corrected chi connectivity index (χ2v) is 6.60. The van der Waals surface area contributed by atoms with E-state index < -0.39 is 0 Å². The summed E-state index contributed by atoms with van der Waals surface area (Å²) in [6, 6.07) is 6.53. The number of ether oxygens (including phenoxy) is 1. The molecule has 1 N–H and O–H groups in total. The van der Waals surface area contributed by atoms with Gasteiger partial charge >= 0.3 is 0 Å². The van der Waals surface area contributed by atoms with Crippen LogP contribution in [0.3, 0.4) is 0 Å². The molecule has 2 unspecified atom stereocenters. The minimum absolute atomic E-state index is 0.195. The summed E-state index contributed by atoms with van der Waals surface area (Å²) in [5.74, 6) is 1.01. The normalized spacial score (nSPS) is 33.0. The fourth-order valence-corrected chi connectivity index (χ4v) is 4.18.